The van der Waals surface area contributed by atoms with Crippen molar-refractivity contribution in [3.05, 3.63) is 20.8 Å². The predicted octanol–water partition coefficient (Wildman–Crippen LogP) is 4.47. The van der Waals surface area contributed by atoms with E-state index in [1.54, 1.807) is 0 Å². The minimum absolute atomic E-state index is 0. The molecule has 2 heteroatoms. The smallest absolute Gasteiger partial charge is 0.400 e. The molecule has 1 radical (unpaired) electrons. The summed E-state index contributed by atoms with van der Waals surface area (Å²) in [7, 11) is 1.00. The predicted molar refractivity (Wildman–Crippen MR) is 68.9 cm³/mol. The Labute approximate surface area is 118 Å². The second-order valence-corrected chi connectivity index (χ2v) is 2.56. The van der Waals surface area contributed by atoms with E-state index < -0.39 is 0 Å². The number of hydrogen-bond donors (Lipinski definition) is 1. The summed E-state index contributed by atoms with van der Waals surface area (Å²) in [6.07, 6.45) is 6.83. The molecule has 0 aliphatic carbocycles. The first-order valence-corrected chi connectivity index (χ1v) is 5.57. The third-order valence-corrected chi connectivity index (χ3v) is 1.06. The van der Waals surface area contributed by atoms with Gasteiger partial charge in [0.15, 0.2) is 0 Å². The maximum absolute atomic E-state index is 7.00. The van der Waals surface area contributed by atoms with Crippen LogP contribution in [0.1, 0.15) is 59.3 Å². The van der Waals surface area contributed by atoms with Crippen molar-refractivity contribution in [2.24, 2.45) is 0 Å². The first-order chi connectivity index (χ1) is 6.74. The minimum Gasteiger partial charge on any atom is -0.400 e. The van der Waals surface area contributed by atoms with Crippen LogP contribution < -0.4 is 0 Å². The summed E-state index contributed by atoms with van der Waals surface area (Å²) in [5.74, 6) is 0. The van der Waals surface area contributed by atoms with E-state index in [2.05, 4.69) is 41.5 Å². The SMILES string of the molecule is CO.[CH2-]CCC.[CH2-]CCC.[CH2-]CCC.[Zr+3]. The molecule has 0 amide bonds. The van der Waals surface area contributed by atoms with Crippen LogP contribution >= 0.6 is 0 Å². The molecule has 0 saturated heterocycles. The van der Waals surface area contributed by atoms with Crippen molar-refractivity contribution in [2.75, 3.05) is 7.11 Å². The summed E-state index contributed by atoms with van der Waals surface area (Å²) < 4.78 is 0. The van der Waals surface area contributed by atoms with Gasteiger partial charge in [0.2, 0.25) is 0 Å². The molecular weight excluding hydrogens is 263 g/mol. The Balaban J connectivity index is -0.0000000298. The van der Waals surface area contributed by atoms with E-state index in [0.717, 1.165) is 26.4 Å². The van der Waals surface area contributed by atoms with E-state index in [0.29, 0.717) is 0 Å². The maximum Gasteiger partial charge on any atom is 3.00 e. The second kappa shape index (κ2) is 60.7. The van der Waals surface area contributed by atoms with Crippen LogP contribution in [0, 0.1) is 20.8 Å². The summed E-state index contributed by atoms with van der Waals surface area (Å²) in [6, 6.07) is 0. The van der Waals surface area contributed by atoms with Crippen LogP contribution in [0.15, 0.2) is 0 Å². The molecule has 0 aliphatic heterocycles. The van der Waals surface area contributed by atoms with Crippen LogP contribution in [0.4, 0.5) is 0 Å². The summed E-state index contributed by atoms with van der Waals surface area (Å²) in [5.41, 5.74) is 0. The Morgan fingerprint density at radius 3 is 0.733 bits per heavy atom. The quantitative estimate of drug-likeness (QED) is 0.762. The first-order valence-electron chi connectivity index (χ1n) is 5.57. The second-order valence-electron chi connectivity index (χ2n) is 2.56. The third-order valence-electron chi connectivity index (χ3n) is 1.06. The standard InChI is InChI=1S/3C4H9.CH4O.Zr/c3*1-3-4-2;1-2;/h3*1,3-4H2,2H3;2H,1H3;/q3*-1;;+3. The summed E-state index contributed by atoms with van der Waals surface area (Å²) in [6.45, 7) is 17.2. The normalized spacial score (nSPS) is 6.40. The van der Waals surface area contributed by atoms with Gasteiger partial charge in [-0.2, -0.15) is 19.3 Å². The van der Waals surface area contributed by atoms with E-state index in [1.165, 1.54) is 19.3 Å². The molecule has 0 aromatic rings. The van der Waals surface area contributed by atoms with Crippen molar-refractivity contribution in [3.63, 3.8) is 0 Å². The van der Waals surface area contributed by atoms with E-state index in [4.69, 9.17) is 5.11 Å². The molecule has 0 aromatic carbocycles. The number of aliphatic hydroxyl groups is 1. The molecule has 1 nitrogen and oxygen atoms in total. The summed E-state index contributed by atoms with van der Waals surface area (Å²) in [4.78, 5) is 0. The van der Waals surface area contributed by atoms with Gasteiger partial charge >= 0.3 is 26.2 Å². The van der Waals surface area contributed by atoms with Gasteiger partial charge in [-0.25, -0.2) is 0 Å². The largest absolute Gasteiger partial charge is 3.00 e. The Morgan fingerprint density at radius 1 is 0.667 bits per heavy atom. The van der Waals surface area contributed by atoms with Crippen LogP contribution in [0.2, 0.25) is 0 Å². The van der Waals surface area contributed by atoms with Crippen LogP contribution in [0.5, 0.6) is 0 Å². The number of hydrogen-bond acceptors (Lipinski definition) is 1. The monoisotopic (exact) mass is 293 g/mol. The van der Waals surface area contributed by atoms with E-state index in [-0.39, 0.29) is 26.2 Å². The molecule has 93 valence electrons. The van der Waals surface area contributed by atoms with E-state index in [1.807, 2.05) is 0 Å². The van der Waals surface area contributed by atoms with Gasteiger partial charge in [-0.3, -0.25) is 0 Å². The zero-order valence-electron chi connectivity index (χ0n) is 11.3. The van der Waals surface area contributed by atoms with Gasteiger partial charge in [-0.15, -0.1) is 0 Å². The fourth-order valence-corrected chi connectivity index (χ4v) is 0. The number of rotatable bonds is 3. The number of aliphatic hydroxyl groups excluding tert-OH is 1. The molecule has 0 bridgehead atoms. The maximum atomic E-state index is 7.00. The van der Waals surface area contributed by atoms with Crippen molar-refractivity contribution in [1.82, 2.24) is 0 Å². The van der Waals surface area contributed by atoms with Gasteiger partial charge in [0.05, 0.1) is 0 Å². The fourth-order valence-electron chi connectivity index (χ4n) is 0. The van der Waals surface area contributed by atoms with Crippen molar-refractivity contribution in [3.8, 4) is 0 Å². The molecule has 0 heterocycles. The van der Waals surface area contributed by atoms with Gasteiger partial charge in [-0.05, 0) is 0 Å². The molecule has 0 atom stereocenters. The van der Waals surface area contributed by atoms with E-state index >= 15 is 0 Å². The topological polar surface area (TPSA) is 20.2 Å². The van der Waals surface area contributed by atoms with Gasteiger partial charge < -0.3 is 25.9 Å². The van der Waals surface area contributed by atoms with Crippen molar-refractivity contribution >= 4 is 0 Å². The van der Waals surface area contributed by atoms with Crippen LogP contribution in [-0.4, -0.2) is 12.2 Å². The zero-order chi connectivity index (χ0) is 12.2. The Kier molecular flexibility index (Phi) is 120. The van der Waals surface area contributed by atoms with Gasteiger partial charge in [0.25, 0.3) is 0 Å². The zero-order valence-corrected chi connectivity index (χ0v) is 13.8. The molecule has 0 fully saturated rings. The van der Waals surface area contributed by atoms with Gasteiger partial charge in [0, 0.05) is 7.11 Å². The Morgan fingerprint density at radius 2 is 0.733 bits per heavy atom. The number of unbranched alkanes of at least 4 members (excludes halogenated alkanes) is 3. The van der Waals surface area contributed by atoms with E-state index in [9.17, 15) is 0 Å². The molecule has 1 N–H and O–H groups in total. The van der Waals surface area contributed by atoms with Gasteiger partial charge in [-0.1, -0.05) is 40.0 Å². The van der Waals surface area contributed by atoms with Crippen molar-refractivity contribution in [2.45, 2.75) is 59.3 Å². The fraction of sp³-hybridized carbons (Fsp3) is 0.769. The van der Waals surface area contributed by atoms with Crippen LogP contribution in [0.3, 0.4) is 0 Å². The minimum atomic E-state index is 0. The average molecular weight is 295 g/mol. The molecular formula is C13H31OZr. The van der Waals surface area contributed by atoms with Gasteiger partial charge in [0.1, 0.15) is 0 Å². The third kappa shape index (κ3) is 166. The molecule has 0 unspecified atom stereocenters. The van der Waals surface area contributed by atoms with Crippen molar-refractivity contribution in [1.29, 1.82) is 0 Å². The average Bonchev–Trinajstić information content (AvgIpc) is 2.31. The molecule has 0 rings (SSSR count). The Bertz CT molecular complexity index is 26.0. The summed E-state index contributed by atoms with van der Waals surface area (Å²) >= 11 is 0. The van der Waals surface area contributed by atoms with Crippen LogP contribution in [0.25, 0.3) is 0 Å². The first kappa shape index (κ1) is 29.7. The molecule has 0 aromatic heterocycles. The van der Waals surface area contributed by atoms with Crippen molar-refractivity contribution < 1.29 is 31.3 Å². The molecule has 0 saturated carbocycles. The molecule has 15 heavy (non-hydrogen) atoms. The summed E-state index contributed by atoms with van der Waals surface area (Å²) in [5, 5.41) is 7.00. The Hall–Kier alpha value is 0.843. The van der Waals surface area contributed by atoms with Crippen LogP contribution in [-0.2, 0) is 26.2 Å². The molecule has 0 spiro atoms. The molecule has 0 aliphatic rings.